The second-order valence-corrected chi connectivity index (χ2v) is 5.73. The van der Waals surface area contributed by atoms with Crippen molar-refractivity contribution in [3.05, 3.63) is 40.6 Å². The van der Waals surface area contributed by atoms with Crippen LogP contribution in [0.5, 0.6) is 0 Å². The predicted octanol–water partition coefficient (Wildman–Crippen LogP) is 1.69. The summed E-state index contributed by atoms with van der Waals surface area (Å²) in [5.74, 6) is -1.31. The van der Waals surface area contributed by atoms with Crippen LogP contribution in [0.1, 0.15) is 29.3 Å². The zero-order valence-corrected chi connectivity index (χ0v) is 12.0. The number of hydrogen-bond acceptors (Lipinski definition) is 4. The minimum Gasteiger partial charge on any atom is -0.480 e. The molecule has 0 atom stereocenters. The molecule has 0 aliphatic rings. The van der Waals surface area contributed by atoms with Crippen molar-refractivity contribution in [2.75, 3.05) is 0 Å². The molecule has 0 bridgehead atoms. The standard InChI is InChI=1S/C13H15N3O3S/c1-13(2,12-14-5-7-20-12)15-11(19)9-4-3-6-16(9)8-10(17)18/h3-7H,8H2,1-2H3,(H,15,19)(H,17,18). The molecular formula is C13H15N3O3S. The van der Waals surface area contributed by atoms with Crippen LogP contribution in [0.4, 0.5) is 0 Å². The number of carboxylic acid groups (broad SMARTS) is 1. The summed E-state index contributed by atoms with van der Waals surface area (Å²) in [5, 5.41) is 14.3. The summed E-state index contributed by atoms with van der Waals surface area (Å²) in [6.07, 6.45) is 3.25. The van der Waals surface area contributed by atoms with Gasteiger partial charge in [0, 0.05) is 17.8 Å². The Bertz CT molecular complexity index is 617. The van der Waals surface area contributed by atoms with Crippen LogP contribution < -0.4 is 5.32 Å². The Morgan fingerprint density at radius 1 is 1.50 bits per heavy atom. The fourth-order valence-electron chi connectivity index (χ4n) is 1.84. The number of nitrogens with zero attached hydrogens (tertiary/aromatic N) is 2. The van der Waals surface area contributed by atoms with E-state index in [-0.39, 0.29) is 12.5 Å². The van der Waals surface area contributed by atoms with Crippen LogP contribution in [0.25, 0.3) is 0 Å². The number of nitrogens with one attached hydrogen (secondary N) is 1. The third-order valence-corrected chi connectivity index (χ3v) is 3.86. The van der Waals surface area contributed by atoms with E-state index in [9.17, 15) is 9.59 Å². The molecule has 2 heterocycles. The summed E-state index contributed by atoms with van der Waals surface area (Å²) >= 11 is 1.46. The van der Waals surface area contributed by atoms with Gasteiger partial charge in [-0.05, 0) is 26.0 Å². The molecule has 0 spiro atoms. The number of carbonyl (C=O) groups excluding carboxylic acids is 1. The molecule has 2 aromatic rings. The molecule has 6 nitrogen and oxygen atoms in total. The van der Waals surface area contributed by atoms with E-state index >= 15 is 0 Å². The lowest BCUT2D eigenvalue weighted by molar-refractivity contribution is -0.137. The van der Waals surface area contributed by atoms with Gasteiger partial charge in [0.2, 0.25) is 0 Å². The Morgan fingerprint density at radius 2 is 2.25 bits per heavy atom. The van der Waals surface area contributed by atoms with Gasteiger partial charge in [0.1, 0.15) is 17.2 Å². The van der Waals surface area contributed by atoms with Gasteiger partial charge in [-0.1, -0.05) is 0 Å². The van der Waals surface area contributed by atoms with Gasteiger partial charge in [-0.25, -0.2) is 4.98 Å². The van der Waals surface area contributed by atoms with Crippen molar-refractivity contribution in [2.24, 2.45) is 0 Å². The second kappa shape index (κ2) is 5.46. The monoisotopic (exact) mass is 293 g/mol. The molecule has 2 N–H and O–H groups in total. The van der Waals surface area contributed by atoms with E-state index in [4.69, 9.17) is 5.11 Å². The van der Waals surface area contributed by atoms with Crippen LogP contribution in [0.2, 0.25) is 0 Å². The van der Waals surface area contributed by atoms with Crippen molar-refractivity contribution in [3.63, 3.8) is 0 Å². The van der Waals surface area contributed by atoms with Gasteiger partial charge in [-0.15, -0.1) is 11.3 Å². The predicted molar refractivity (Wildman–Crippen MR) is 74.7 cm³/mol. The van der Waals surface area contributed by atoms with Gasteiger partial charge in [0.25, 0.3) is 5.91 Å². The van der Waals surface area contributed by atoms with E-state index in [1.165, 1.54) is 15.9 Å². The Hall–Kier alpha value is -2.15. The average Bonchev–Trinajstić information content (AvgIpc) is 2.97. The molecule has 0 radical (unpaired) electrons. The van der Waals surface area contributed by atoms with E-state index in [0.29, 0.717) is 5.69 Å². The quantitative estimate of drug-likeness (QED) is 0.878. The van der Waals surface area contributed by atoms with E-state index in [1.54, 1.807) is 24.5 Å². The maximum atomic E-state index is 12.3. The molecule has 0 fully saturated rings. The summed E-state index contributed by atoms with van der Waals surface area (Å²) in [6.45, 7) is 3.47. The van der Waals surface area contributed by atoms with E-state index in [1.807, 2.05) is 19.2 Å². The molecule has 2 rings (SSSR count). The number of amides is 1. The van der Waals surface area contributed by atoms with E-state index in [2.05, 4.69) is 10.3 Å². The number of aliphatic carboxylic acids is 1. The molecule has 0 aromatic carbocycles. The topological polar surface area (TPSA) is 84.2 Å². The first-order valence-corrected chi connectivity index (χ1v) is 6.87. The number of aromatic nitrogens is 2. The van der Waals surface area contributed by atoms with Gasteiger partial charge >= 0.3 is 5.97 Å². The van der Waals surface area contributed by atoms with Gasteiger partial charge in [0.05, 0.1) is 5.54 Å². The zero-order valence-electron chi connectivity index (χ0n) is 11.2. The first-order valence-electron chi connectivity index (χ1n) is 5.99. The van der Waals surface area contributed by atoms with Crippen molar-refractivity contribution in [1.82, 2.24) is 14.9 Å². The van der Waals surface area contributed by atoms with Crippen LogP contribution in [0.3, 0.4) is 0 Å². The van der Waals surface area contributed by atoms with Crippen LogP contribution in [0, 0.1) is 0 Å². The maximum Gasteiger partial charge on any atom is 0.323 e. The molecule has 0 aliphatic carbocycles. The summed E-state index contributed by atoms with van der Waals surface area (Å²) in [6, 6.07) is 3.24. The minimum absolute atomic E-state index is 0.243. The molecular weight excluding hydrogens is 278 g/mol. The van der Waals surface area contributed by atoms with Crippen LogP contribution in [-0.2, 0) is 16.9 Å². The molecule has 0 saturated heterocycles. The largest absolute Gasteiger partial charge is 0.480 e. The Balaban J connectivity index is 2.16. The summed E-state index contributed by atoms with van der Waals surface area (Å²) in [4.78, 5) is 27.2. The summed E-state index contributed by atoms with van der Waals surface area (Å²) < 4.78 is 1.40. The molecule has 7 heteroatoms. The van der Waals surface area contributed by atoms with Gasteiger partial charge in [0.15, 0.2) is 0 Å². The third kappa shape index (κ3) is 3.05. The highest BCUT2D eigenvalue weighted by molar-refractivity contribution is 7.09. The number of hydrogen-bond donors (Lipinski definition) is 2. The fraction of sp³-hybridized carbons (Fsp3) is 0.308. The first-order chi connectivity index (χ1) is 9.40. The van der Waals surface area contributed by atoms with Gasteiger partial charge in [-0.2, -0.15) is 0 Å². The Labute approximate surface area is 120 Å². The smallest absolute Gasteiger partial charge is 0.323 e. The SMILES string of the molecule is CC(C)(NC(=O)c1cccn1CC(=O)O)c1nccs1. The summed E-state index contributed by atoms with van der Waals surface area (Å²) in [7, 11) is 0. The third-order valence-electron chi connectivity index (χ3n) is 2.76. The number of rotatable bonds is 5. The van der Waals surface area contributed by atoms with Gasteiger partial charge in [-0.3, -0.25) is 9.59 Å². The molecule has 0 unspecified atom stereocenters. The Morgan fingerprint density at radius 3 is 2.85 bits per heavy atom. The van der Waals surface area contributed by atoms with E-state index < -0.39 is 11.5 Å². The molecule has 0 saturated carbocycles. The Kier molecular flexibility index (Phi) is 3.89. The lowest BCUT2D eigenvalue weighted by atomic mass is 10.1. The van der Waals surface area contributed by atoms with Crippen molar-refractivity contribution < 1.29 is 14.7 Å². The minimum atomic E-state index is -0.991. The molecule has 2 aromatic heterocycles. The van der Waals surface area contributed by atoms with Gasteiger partial charge < -0.3 is 15.0 Å². The van der Waals surface area contributed by atoms with E-state index in [0.717, 1.165) is 5.01 Å². The highest BCUT2D eigenvalue weighted by atomic mass is 32.1. The molecule has 20 heavy (non-hydrogen) atoms. The van der Waals surface area contributed by atoms with Crippen molar-refractivity contribution >= 4 is 23.2 Å². The fourth-order valence-corrected chi connectivity index (χ4v) is 2.56. The highest BCUT2D eigenvalue weighted by Gasteiger charge is 2.27. The average molecular weight is 293 g/mol. The second-order valence-electron chi connectivity index (χ2n) is 4.83. The van der Waals surface area contributed by atoms with Crippen LogP contribution >= 0.6 is 11.3 Å². The molecule has 0 aliphatic heterocycles. The lowest BCUT2D eigenvalue weighted by Gasteiger charge is -2.24. The van der Waals surface area contributed by atoms with Crippen LogP contribution in [-0.4, -0.2) is 26.5 Å². The molecule has 1 amide bonds. The summed E-state index contributed by atoms with van der Waals surface area (Å²) in [5.41, 5.74) is -0.291. The number of carboxylic acids is 1. The first kappa shape index (κ1) is 14.3. The van der Waals surface area contributed by atoms with Crippen molar-refractivity contribution in [2.45, 2.75) is 25.9 Å². The zero-order chi connectivity index (χ0) is 14.8. The highest BCUT2D eigenvalue weighted by Crippen LogP contribution is 2.22. The van der Waals surface area contributed by atoms with Crippen LogP contribution in [0.15, 0.2) is 29.9 Å². The van der Waals surface area contributed by atoms with Crippen molar-refractivity contribution in [1.29, 1.82) is 0 Å². The maximum absolute atomic E-state index is 12.3. The number of carbonyl (C=O) groups is 2. The van der Waals surface area contributed by atoms with Crippen molar-refractivity contribution in [3.8, 4) is 0 Å². The lowest BCUT2D eigenvalue weighted by Crippen LogP contribution is -2.41. The number of thiazole rings is 1. The normalized spacial score (nSPS) is 11.3. The molecule has 106 valence electrons.